The largest absolute Gasteiger partial charge is 0.481 e. The van der Waals surface area contributed by atoms with E-state index in [0.717, 1.165) is 21.9 Å². The van der Waals surface area contributed by atoms with Crippen LogP contribution in [0.3, 0.4) is 0 Å². The summed E-state index contributed by atoms with van der Waals surface area (Å²) < 4.78 is 0. The molecule has 2 rings (SSSR count). The van der Waals surface area contributed by atoms with E-state index < -0.39 is 5.97 Å². The van der Waals surface area contributed by atoms with Crippen LogP contribution in [-0.4, -0.2) is 28.8 Å². The summed E-state index contributed by atoms with van der Waals surface area (Å²) in [7, 11) is 0. The van der Waals surface area contributed by atoms with Gasteiger partial charge < -0.3 is 10.0 Å². The number of carbonyl (C=O) groups excluding carboxylic acids is 1. The molecule has 0 saturated heterocycles. The van der Waals surface area contributed by atoms with Crippen LogP contribution in [0.5, 0.6) is 0 Å². The quantitative estimate of drug-likeness (QED) is 0.924. The molecule has 0 fully saturated rings. The number of thioether (sulfide) groups is 1. The molecule has 1 heterocycles. The highest BCUT2D eigenvalue weighted by Crippen LogP contribution is 2.39. The molecule has 0 aliphatic carbocycles. The van der Waals surface area contributed by atoms with Crippen LogP contribution < -0.4 is 4.90 Å². The van der Waals surface area contributed by atoms with Gasteiger partial charge in [0, 0.05) is 23.1 Å². The van der Waals surface area contributed by atoms with Gasteiger partial charge in [0.15, 0.2) is 0 Å². The molecule has 1 amide bonds. The summed E-state index contributed by atoms with van der Waals surface area (Å²) in [5, 5.41) is 8.70. The third kappa shape index (κ3) is 2.92. The van der Waals surface area contributed by atoms with Crippen LogP contribution in [-0.2, 0) is 9.59 Å². The molecule has 1 aliphatic rings. The Morgan fingerprint density at radius 2 is 2.16 bits per heavy atom. The maximum atomic E-state index is 12.3. The molecule has 1 N–H and O–H groups in total. The number of carboxylic acids is 1. The molecule has 0 radical (unpaired) electrons. The van der Waals surface area contributed by atoms with E-state index in [0.29, 0.717) is 0 Å². The highest BCUT2D eigenvalue weighted by molar-refractivity contribution is 7.99. The van der Waals surface area contributed by atoms with Crippen molar-refractivity contribution in [3.8, 4) is 0 Å². The van der Waals surface area contributed by atoms with Crippen molar-refractivity contribution < 1.29 is 14.7 Å². The van der Waals surface area contributed by atoms with E-state index in [9.17, 15) is 9.59 Å². The Bertz CT molecular complexity index is 515. The number of anilines is 1. The first-order valence-corrected chi connectivity index (χ1v) is 7.25. The molecule has 0 saturated carbocycles. The van der Waals surface area contributed by atoms with E-state index in [1.807, 2.05) is 32.0 Å². The lowest BCUT2D eigenvalue weighted by Gasteiger charge is -2.36. The minimum absolute atomic E-state index is 0.0537. The minimum atomic E-state index is -0.933. The lowest BCUT2D eigenvalue weighted by atomic mass is 10.1. The lowest BCUT2D eigenvalue weighted by molar-refractivity contribution is -0.138. The predicted molar refractivity (Wildman–Crippen MR) is 75.7 cm³/mol. The van der Waals surface area contributed by atoms with Crippen molar-refractivity contribution in [2.45, 2.75) is 37.6 Å². The monoisotopic (exact) mass is 279 g/mol. The van der Waals surface area contributed by atoms with Crippen LogP contribution in [0.15, 0.2) is 23.1 Å². The summed E-state index contributed by atoms with van der Waals surface area (Å²) in [6.45, 7) is 3.98. The standard InChI is InChI=1S/C14H17NO3S/c1-9-4-3-5-11-14(9)15(10(2)8-19-11)12(16)6-7-13(17)18/h3-5,10H,6-8H2,1-2H3,(H,17,18). The smallest absolute Gasteiger partial charge is 0.303 e. The number of carbonyl (C=O) groups is 2. The number of carboxylic acid groups (broad SMARTS) is 1. The SMILES string of the molecule is Cc1cccc2c1N(C(=O)CCC(=O)O)C(C)CS2. The van der Waals surface area contributed by atoms with E-state index in [1.54, 1.807) is 16.7 Å². The Labute approximate surface area is 116 Å². The molecular formula is C14H17NO3S. The summed E-state index contributed by atoms with van der Waals surface area (Å²) in [5.41, 5.74) is 2.00. The molecule has 1 atom stereocenters. The van der Waals surface area contributed by atoms with Gasteiger partial charge in [0.05, 0.1) is 12.1 Å². The average molecular weight is 279 g/mol. The number of benzene rings is 1. The fraction of sp³-hybridized carbons (Fsp3) is 0.429. The number of hydrogen-bond donors (Lipinski definition) is 1. The molecule has 0 spiro atoms. The van der Waals surface area contributed by atoms with Crippen LogP contribution in [0.1, 0.15) is 25.3 Å². The average Bonchev–Trinajstić information content (AvgIpc) is 2.36. The molecule has 19 heavy (non-hydrogen) atoms. The van der Waals surface area contributed by atoms with Gasteiger partial charge in [-0.3, -0.25) is 9.59 Å². The molecule has 0 bridgehead atoms. The number of para-hydroxylation sites is 1. The third-order valence-corrected chi connectivity index (χ3v) is 4.47. The van der Waals surface area contributed by atoms with Crippen LogP contribution in [0, 0.1) is 6.92 Å². The van der Waals surface area contributed by atoms with E-state index in [-0.39, 0.29) is 24.8 Å². The minimum Gasteiger partial charge on any atom is -0.481 e. The molecule has 1 aromatic carbocycles. The Hall–Kier alpha value is -1.49. The number of aryl methyl sites for hydroxylation is 1. The van der Waals surface area contributed by atoms with E-state index in [1.165, 1.54) is 0 Å². The molecular weight excluding hydrogens is 262 g/mol. The summed E-state index contributed by atoms with van der Waals surface area (Å²) in [5.74, 6) is -0.196. The first-order chi connectivity index (χ1) is 9.00. The third-order valence-electron chi connectivity index (χ3n) is 3.18. The fourth-order valence-electron chi connectivity index (χ4n) is 2.27. The maximum Gasteiger partial charge on any atom is 0.303 e. The van der Waals surface area contributed by atoms with Crippen LogP contribution in [0.25, 0.3) is 0 Å². The van der Waals surface area contributed by atoms with Gasteiger partial charge in [0.25, 0.3) is 0 Å². The van der Waals surface area contributed by atoms with Gasteiger partial charge in [-0.25, -0.2) is 0 Å². The lowest BCUT2D eigenvalue weighted by Crippen LogP contribution is -2.43. The molecule has 102 valence electrons. The second-order valence-electron chi connectivity index (χ2n) is 4.74. The van der Waals surface area contributed by atoms with Crippen molar-refractivity contribution in [2.75, 3.05) is 10.7 Å². The van der Waals surface area contributed by atoms with Crippen LogP contribution in [0.2, 0.25) is 0 Å². The highest BCUT2D eigenvalue weighted by Gasteiger charge is 2.29. The van der Waals surface area contributed by atoms with Crippen molar-refractivity contribution in [1.82, 2.24) is 0 Å². The summed E-state index contributed by atoms with van der Waals surface area (Å²) >= 11 is 1.75. The van der Waals surface area contributed by atoms with Crippen molar-refractivity contribution in [1.29, 1.82) is 0 Å². The van der Waals surface area contributed by atoms with Gasteiger partial charge in [-0.1, -0.05) is 12.1 Å². The van der Waals surface area contributed by atoms with Gasteiger partial charge in [-0.2, -0.15) is 0 Å². The van der Waals surface area contributed by atoms with Crippen LogP contribution in [0.4, 0.5) is 5.69 Å². The molecule has 1 aromatic rings. The van der Waals surface area contributed by atoms with E-state index >= 15 is 0 Å². The topological polar surface area (TPSA) is 57.6 Å². The van der Waals surface area contributed by atoms with Gasteiger partial charge in [-0.15, -0.1) is 11.8 Å². The second-order valence-corrected chi connectivity index (χ2v) is 5.80. The molecule has 1 unspecified atom stereocenters. The normalized spacial score (nSPS) is 18.0. The molecule has 1 aliphatic heterocycles. The van der Waals surface area contributed by atoms with Crippen LogP contribution >= 0.6 is 11.8 Å². The van der Waals surface area contributed by atoms with Gasteiger partial charge in [0.2, 0.25) is 5.91 Å². The predicted octanol–water partition coefficient (Wildman–Crippen LogP) is 2.69. The first-order valence-electron chi connectivity index (χ1n) is 6.27. The Balaban J connectivity index is 2.30. The first kappa shape index (κ1) is 13.9. The number of fused-ring (bicyclic) bond motifs is 1. The maximum absolute atomic E-state index is 12.3. The highest BCUT2D eigenvalue weighted by atomic mass is 32.2. The number of nitrogens with zero attached hydrogens (tertiary/aromatic N) is 1. The van der Waals surface area contributed by atoms with Gasteiger partial charge in [0.1, 0.15) is 0 Å². The zero-order valence-corrected chi connectivity index (χ0v) is 11.9. The van der Waals surface area contributed by atoms with E-state index in [2.05, 4.69) is 0 Å². The summed E-state index contributed by atoms with van der Waals surface area (Å²) in [4.78, 5) is 25.8. The van der Waals surface area contributed by atoms with Crippen molar-refractivity contribution >= 4 is 29.3 Å². The Morgan fingerprint density at radius 3 is 2.84 bits per heavy atom. The second kappa shape index (κ2) is 5.65. The van der Waals surface area contributed by atoms with Gasteiger partial charge >= 0.3 is 5.97 Å². The molecule has 5 heteroatoms. The number of hydrogen-bond acceptors (Lipinski definition) is 3. The fourth-order valence-corrected chi connectivity index (χ4v) is 3.41. The number of amides is 1. The molecule has 4 nitrogen and oxygen atoms in total. The van der Waals surface area contributed by atoms with Gasteiger partial charge in [-0.05, 0) is 25.5 Å². The summed E-state index contributed by atoms with van der Waals surface area (Å²) in [6, 6.07) is 6.07. The van der Waals surface area contributed by atoms with Crippen molar-refractivity contribution in [2.24, 2.45) is 0 Å². The summed E-state index contributed by atoms with van der Waals surface area (Å²) in [6.07, 6.45) is -0.0610. The number of rotatable bonds is 3. The Morgan fingerprint density at radius 1 is 1.42 bits per heavy atom. The zero-order chi connectivity index (χ0) is 14.0. The van der Waals surface area contributed by atoms with Crippen molar-refractivity contribution in [3.63, 3.8) is 0 Å². The number of aliphatic carboxylic acids is 1. The van der Waals surface area contributed by atoms with Crippen molar-refractivity contribution in [3.05, 3.63) is 23.8 Å². The Kier molecular flexibility index (Phi) is 4.14. The molecule has 0 aromatic heterocycles. The van der Waals surface area contributed by atoms with E-state index in [4.69, 9.17) is 5.11 Å². The zero-order valence-electron chi connectivity index (χ0n) is 11.0.